The van der Waals surface area contributed by atoms with E-state index in [-0.39, 0.29) is 6.61 Å². The third-order valence-electron chi connectivity index (χ3n) is 1.87. The number of carbonyl (C=O) groups is 3. The van der Waals surface area contributed by atoms with Crippen LogP contribution in [0.3, 0.4) is 0 Å². The van der Waals surface area contributed by atoms with Crippen LogP contribution in [0.15, 0.2) is 24.8 Å². The van der Waals surface area contributed by atoms with Gasteiger partial charge < -0.3 is 14.2 Å². The fourth-order valence-electron chi connectivity index (χ4n) is 1.20. The molecule has 0 spiro atoms. The van der Waals surface area contributed by atoms with Crippen LogP contribution in [0.1, 0.15) is 20.8 Å². The molecule has 0 aliphatic carbocycles. The lowest BCUT2D eigenvalue weighted by Gasteiger charge is -2.21. The third kappa shape index (κ3) is 8.59. The molecule has 0 aliphatic rings. The zero-order valence-electron chi connectivity index (χ0n) is 11.3. The molecule has 0 aliphatic heterocycles. The maximum absolute atomic E-state index is 11.0. The highest BCUT2D eigenvalue weighted by Crippen LogP contribution is 2.09. The van der Waals surface area contributed by atoms with Crippen LogP contribution in [0.2, 0.25) is 0 Å². The van der Waals surface area contributed by atoms with Crippen molar-refractivity contribution in [2.24, 2.45) is 0 Å². The van der Waals surface area contributed by atoms with Gasteiger partial charge in [0.2, 0.25) is 0 Å². The summed E-state index contributed by atoms with van der Waals surface area (Å²) in [6, 6.07) is 0. The molecule has 0 aromatic heterocycles. The Morgan fingerprint density at radius 1 is 1.00 bits per heavy atom. The topological polar surface area (TPSA) is 78.9 Å². The molecule has 0 saturated carbocycles. The Morgan fingerprint density at radius 3 is 1.95 bits per heavy atom. The van der Waals surface area contributed by atoms with Gasteiger partial charge in [0.05, 0.1) is 0 Å². The van der Waals surface area contributed by atoms with Crippen molar-refractivity contribution in [1.29, 1.82) is 0 Å². The third-order valence-corrected chi connectivity index (χ3v) is 1.87. The Morgan fingerprint density at radius 2 is 1.53 bits per heavy atom. The first kappa shape index (κ1) is 16.9. The smallest absolute Gasteiger partial charge is 0.303 e. The van der Waals surface area contributed by atoms with Crippen molar-refractivity contribution in [3.63, 3.8) is 0 Å². The molecule has 0 rings (SSSR count). The van der Waals surface area contributed by atoms with Crippen LogP contribution in [0, 0.1) is 0 Å². The molecule has 0 bridgehead atoms. The Hall–Kier alpha value is -2.11. The predicted octanol–water partition coefficient (Wildman–Crippen LogP) is 1.16. The maximum Gasteiger partial charge on any atom is 0.303 e. The van der Waals surface area contributed by atoms with Crippen molar-refractivity contribution in [3.05, 3.63) is 24.8 Å². The first-order chi connectivity index (χ1) is 8.86. The lowest BCUT2D eigenvalue weighted by Crippen LogP contribution is -2.31. The molecule has 0 fully saturated rings. The van der Waals surface area contributed by atoms with Crippen LogP contribution in [-0.4, -0.2) is 36.7 Å². The number of hydrogen-bond acceptors (Lipinski definition) is 6. The van der Waals surface area contributed by atoms with Gasteiger partial charge in [-0.1, -0.05) is 6.58 Å². The van der Waals surface area contributed by atoms with Crippen LogP contribution in [0.25, 0.3) is 0 Å². The van der Waals surface area contributed by atoms with E-state index in [1.54, 1.807) is 0 Å². The highest BCUT2D eigenvalue weighted by Gasteiger charge is 2.21. The molecule has 0 radical (unpaired) electrons. The van der Waals surface area contributed by atoms with Crippen molar-refractivity contribution < 1.29 is 28.6 Å². The molecule has 0 N–H and O–H groups in total. The van der Waals surface area contributed by atoms with E-state index in [4.69, 9.17) is 14.2 Å². The van der Waals surface area contributed by atoms with E-state index in [2.05, 4.69) is 6.58 Å². The maximum atomic E-state index is 11.0. The van der Waals surface area contributed by atoms with Crippen molar-refractivity contribution in [2.75, 3.05) is 6.61 Å². The fraction of sp³-hybridized carbons (Fsp3) is 0.462. The van der Waals surface area contributed by atoms with E-state index in [9.17, 15) is 14.4 Å². The standard InChI is InChI=1S/C13H18O6/c1-5-12(18-10(3)15)13(19-11(4)16)7-6-8-17-9(2)14/h5-7,12-13H,1,8H2,2-4H3/b7-6+/t12-,13+/m1/s1. The number of hydrogen-bond donors (Lipinski definition) is 0. The van der Waals surface area contributed by atoms with E-state index in [0.29, 0.717) is 0 Å². The second-order valence-corrected chi connectivity index (χ2v) is 3.61. The molecule has 0 aromatic rings. The van der Waals surface area contributed by atoms with E-state index in [1.807, 2.05) is 0 Å². The van der Waals surface area contributed by atoms with Gasteiger partial charge in [-0.25, -0.2) is 0 Å². The van der Waals surface area contributed by atoms with Crippen molar-refractivity contribution in [2.45, 2.75) is 33.0 Å². The lowest BCUT2D eigenvalue weighted by atomic mass is 10.2. The van der Waals surface area contributed by atoms with Gasteiger partial charge in [-0.2, -0.15) is 0 Å². The molecular weight excluding hydrogens is 252 g/mol. The molecule has 106 valence electrons. The predicted molar refractivity (Wildman–Crippen MR) is 67.1 cm³/mol. The first-order valence-corrected chi connectivity index (χ1v) is 5.63. The fourth-order valence-corrected chi connectivity index (χ4v) is 1.20. The molecule has 0 amide bonds. The zero-order chi connectivity index (χ0) is 14.8. The van der Waals surface area contributed by atoms with Gasteiger partial charge in [-0.05, 0) is 18.2 Å². The van der Waals surface area contributed by atoms with Crippen LogP contribution in [0.4, 0.5) is 0 Å². The molecule has 0 aromatic carbocycles. The number of ether oxygens (including phenoxy) is 3. The monoisotopic (exact) mass is 270 g/mol. The number of carbonyl (C=O) groups excluding carboxylic acids is 3. The van der Waals surface area contributed by atoms with E-state index in [1.165, 1.54) is 39.0 Å². The Labute approximate surface area is 112 Å². The summed E-state index contributed by atoms with van der Waals surface area (Å²) in [4.78, 5) is 32.5. The zero-order valence-corrected chi connectivity index (χ0v) is 11.3. The first-order valence-electron chi connectivity index (χ1n) is 5.63. The van der Waals surface area contributed by atoms with Crippen LogP contribution < -0.4 is 0 Å². The quantitative estimate of drug-likeness (QED) is 0.392. The summed E-state index contributed by atoms with van der Waals surface area (Å²) in [5.74, 6) is -1.47. The summed E-state index contributed by atoms with van der Waals surface area (Å²) in [6.45, 7) is 7.31. The summed E-state index contributed by atoms with van der Waals surface area (Å²) in [6.07, 6.45) is 2.71. The van der Waals surface area contributed by atoms with Gasteiger partial charge in [0.25, 0.3) is 0 Å². The summed E-state index contributed by atoms with van der Waals surface area (Å²) in [5.41, 5.74) is 0. The van der Waals surface area contributed by atoms with Gasteiger partial charge in [0.15, 0.2) is 12.2 Å². The molecular formula is C13H18O6. The molecule has 2 atom stereocenters. The van der Waals surface area contributed by atoms with Gasteiger partial charge in [0.1, 0.15) is 6.61 Å². The summed E-state index contributed by atoms with van der Waals surface area (Å²) >= 11 is 0. The molecule has 0 heterocycles. The van der Waals surface area contributed by atoms with Crippen LogP contribution in [0.5, 0.6) is 0 Å². The number of esters is 3. The van der Waals surface area contributed by atoms with Crippen LogP contribution >= 0.6 is 0 Å². The molecule has 19 heavy (non-hydrogen) atoms. The van der Waals surface area contributed by atoms with Crippen molar-refractivity contribution in [3.8, 4) is 0 Å². The largest absolute Gasteiger partial charge is 0.462 e. The molecule has 0 saturated heterocycles. The minimum atomic E-state index is -0.811. The Balaban J connectivity index is 4.67. The molecule has 6 heteroatoms. The summed E-state index contributed by atoms with van der Waals surface area (Å²) < 4.78 is 14.6. The second kappa shape index (κ2) is 8.91. The van der Waals surface area contributed by atoms with Crippen LogP contribution in [-0.2, 0) is 28.6 Å². The highest BCUT2D eigenvalue weighted by molar-refractivity contribution is 5.68. The SMILES string of the molecule is C=C[C@@H](OC(C)=O)[C@H](/C=C/COC(C)=O)OC(C)=O. The van der Waals surface area contributed by atoms with Crippen molar-refractivity contribution in [1.82, 2.24) is 0 Å². The normalized spacial score (nSPS) is 13.4. The minimum Gasteiger partial charge on any atom is -0.462 e. The van der Waals surface area contributed by atoms with Gasteiger partial charge >= 0.3 is 17.9 Å². The minimum absolute atomic E-state index is 0.0387. The van der Waals surface area contributed by atoms with E-state index < -0.39 is 30.1 Å². The highest BCUT2D eigenvalue weighted by atomic mass is 16.6. The average molecular weight is 270 g/mol. The Bertz CT molecular complexity index is 371. The summed E-state index contributed by atoms with van der Waals surface area (Å²) in [5, 5.41) is 0. The van der Waals surface area contributed by atoms with Gasteiger partial charge in [-0.15, -0.1) is 0 Å². The van der Waals surface area contributed by atoms with Gasteiger partial charge in [0, 0.05) is 20.8 Å². The second-order valence-electron chi connectivity index (χ2n) is 3.61. The average Bonchev–Trinajstić information content (AvgIpc) is 2.29. The number of rotatable bonds is 7. The van der Waals surface area contributed by atoms with E-state index >= 15 is 0 Å². The molecule has 6 nitrogen and oxygen atoms in total. The molecule has 0 unspecified atom stereocenters. The van der Waals surface area contributed by atoms with Crippen molar-refractivity contribution >= 4 is 17.9 Å². The van der Waals surface area contributed by atoms with Gasteiger partial charge in [-0.3, -0.25) is 14.4 Å². The lowest BCUT2D eigenvalue weighted by molar-refractivity contribution is -0.158. The summed E-state index contributed by atoms with van der Waals surface area (Å²) in [7, 11) is 0. The van der Waals surface area contributed by atoms with E-state index in [0.717, 1.165) is 0 Å². The Kier molecular flexibility index (Phi) is 7.92.